The van der Waals surface area contributed by atoms with Crippen LogP contribution in [0.5, 0.6) is 0 Å². The maximum atomic E-state index is 12.1. The highest BCUT2D eigenvalue weighted by atomic mass is 35.5. The maximum Gasteiger partial charge on any atom is 0.251 e. The van der Waals surface area contributed by atoms with E-state index in [1.807, 2.05) is 6.92 Å². The van der Waals surface area contributed by atoms with Gasteiger partial charge in [0.2, 0.25) is 0 Å². The van der Waals surface area contributed by atoms with E-state index in [2.05, 4.69) is 31.0 Å². The molecule has 1 aromatic rings. The lowest BCUT2D eigenvalue weighted by atomic mass is 10.0. The Kier molecular flexibility index (Phi) is 7.28. The van der Waals surface area contributed by atoms with Crippen molar-refractivity contribution >= 4 is 17.5 Å². The second-order valence-corrected chi connectivity index (χ2v) is 5.91. The Labute approximate surface area is 131 Å². The number of rotatable bonds is 5. The highest BCUT2D eigenvalue weighted by molar-refractivity contribution is 6.32. The van der Waals surface area contributed by atoms with Gasteiger partial charge >= 0.3 is 0 Å². The molecule has 21 heavy (non-hydrogen) atoms. The van der Waals surface area contributed by atoms with Crippen LogP contribution < -0.4 is 5.32 Å². The zero-order valence-corrected chi connectivity index (χ0v) is 13.5. The van der Waals surface area contributed by atoms with Gasteiger partial charge in [-0.2, -0.15) is 0 Å². The number of halogens is 1. The van der Waals surface area contributed by atoms with Crippen LogP contribution in [0.15, 0.2) is 18.2 Å². The molecule has 0 fully saturated rings. The first-order valence-corrected chi connectivity index (χ1v) is 7.52. The van der Waals surface area contributed by atoms with Gasteiger partial charge in [-0.25, -0.2) is 0 Å². The van der Waals surface area contributed by atoms with E-state index in [1.165, 1.54) is 0 Å². The molecule has 114 valence electrons. The van der Waals surface area contributed by atoms with Crippen molar-refractivity contribution in [3.63, 3.8) is 0 Å². The molecule has 0 aliphatic heterocycles. The summed E-state index contributed by atoms with van der Waals surface area (Å²) < 4.78 is 0. The highest BCUT2D eigenvalue weighted by Gasteiger charge is 2.11. The number of aliphatic hydroxyl groups excluding tert-OH is 1. The largest absolute Gasteiger partial charge is 0.384 e. The van der Waals surface area contributed by atoms with E-state index in [0.717, 1.165) is 12.8 Å². The molecule has 0 aliphatic rings. The summed E-state index contributed by atoms with van der Waals surface area (Å²) in [5.41, 5.74) is 1.13. The monoisotopic (exact) mass is 307 g/mol. The van der Waals surface area contributed by atoms with Gasteiger partial charge in [-0.15, -0.1) is 0 Å². The minimum Gasteiger partial charge on any atom is -0.384 e. The number of carbonyl (C=O) groups excluding carboxylic acids is 1. The minimum absolute atomic E-state index is 0.130. The predicted octanol–water partition coefficient (Wildman–Crippen LogP) is 3.24. The number of hydrogen-bond acceptors (Lipinski definition) is 2. The number of carbonyl (C=O) groups is 1. The van der Waals surface area contributed by atoms with E-state index in [4.69, 9.17) is 16.7 Å². The molecule has 1 rings (SSSR count). The van der Waals surface area contributed by atoms with Crippen LogP contribution in [-0.2, 0) is 0 Å². The molecule has 0 heterocycles. The fourth-order valence-corrected chi connectivity index (χ4v) is 2.08. The van der Waals surface area contributed by atoms with Gasteiger partial charge in [0, 0.05) is 17.2 Å². The van der Waals surface area contributed by atoms with Gasteiger partial charge in [0.15, 0.2) is 0 Å². The standard InChI is InChI=1S/C17H22ClNO2/c1-12(2)6-7-13(3)19-17(21)15-9-8-14(5-4-10-20)16(18)11-15/h8-9,11-13,20H,6-7,10H2,1-3H3,(H,19,21). The first kappa shape index (κ1) is 17.6. The highest BCUT2D eigenvalue weighted by Crippen LogP contribution is 2.17. The number of hydrogen-bond donors (Lipinski definition) is 2. The molecule has 0 radical (unpaired) electrons. The third kappa shape index (κ3) is 6.20. The van der Waals surface area contributed by atoms with Crippen molar-refractivity contribution in [2.24, 2.45) is 5.92 Å². The van der Waals surface area contributed by atoms with E-state index in [9.17, 15) is 4.79 Å². The summed E-state index contributed by atoms with van der Waals surface area (Å²) in [5.74, 6) is 5.77. The fourth-order valence-electron chi connectivity index (χ4n) is 1.86. The summed E-state index contributed by atoms with van der Waals surface area (Å²) in [6.45, 7) is 6.12. The minimum atomic E-state index is -0.216. The normalized spacial score (nSPS) is 11.7. The Morgan fingerprint density at radius 3 is 2.62 bits per heavy atom. The molecule has 1 atom stereocenters. The van der Waals surface area contributed by atoms with Gasteiger partial charge < -0.3 is 10.4 Å². The van der Waals surface area contributed by atoms with Crippen molar-refractivity contribution in [1.82, 2.24) is 5.32 Å². The van der Waals surface area contributed by atoms with Gasteiger partial charge in [0.1, 0.15) is 6.61 Å². The van der Waals surface area contributed by atoms with Crippen molar-refractivity contribution in [2.45, 2.75) is 39.7 Å². The summed E-state index contributed by atoms with van der Waals surface area (Å²) >= 11 is 6.08. The average Bonchev–Trinajstić information content (AvgIpc) is 2.43. The third-order valence-electron chi connectivity index (χ3n) is 3.09. The smallest absolute Gasteiger partial charge is 0.251 e. The molecule has 1 amide bonds. The Morgan fingerprint density at radius 2 is 2.05 bits per heavy atom. The summed E-state index contributed by atoms with van der Waals surface area (Å²) in [6, 6.07) is 5.12. The molecule has 2 N–H and O–H groups in total. The fraction of sp³-hybridized carbons (Fsp3) is 0.471. The second kappa shape index (κ2) is 8.71. The maximum absolute atomic E-state index is 12.1. The molecule has 4 heteroatoms. The van der Waals surface area contributed by atoms with Crippen molar-refractivity contribution in [3.8, 4) is 11.8 Å². The predicted molar refractivity (Wildman–Crippen MR) is 86.4 cm³/mol. The number of benzene rings is 1. The first-order chi connectivity index (χ1) is 9.93. The summed E-state index contributed by atoms with van der Waals surface area (Å²) in [4.78, 5) is 12.1. The Hall–Kier alpha value is -1.50. The third-order valence-corrected chi connectivity index (χ3v) is 3.40. The molecule has 1 unspecified atom stereocenters. The zero-order valence-electron chi connectivity index (χ0n) is 12.7. The van der Waals surface area contributed by atoms with Crippen LogP contribution in [0, 0.1) is 17.8 Å². The molecule has 0 saturated carbocycles. The molecular formula is C17H22ClNO2. The van der Waals surface area contributed by atoms with Gasteiger partial charge in [0.05, 0.1) is 5.02 Å². The quantitative estimate of drug-likeness (QED) is 0.821. The van der Waals surface area contributed by atoms with Crippen LogP contribution in [0.3, 0.4) is 0 Å². The molecule has 0 saturated heterocycles. The van der Waals surface area contributed by atoms with Gasteiger partial charge in [0.25, 0.3) is 5.91 Å². The summed E-state index contributed by atoms with van der Waals surface area (Å²) in [6.07, 6.45) is 2.04. The van der Waals surface area contributed by atoms with Gasteiger partial charge in [-0.05, 0) is 43.9 Å². The number of amides is 1. The van der Waals surface area contributed by atoms with Crippen LogP contribution in [0.25, 0.3) is 0 Å². The Bertz CT molecular complexity index is 543. The SMILES string of the molecule is CC(C)CCC(C)NC(=O)c1ccc(C#CCO)c(Cl)c1. The summed E-state index contributed by atoms with van der Waals surface area (Å²) in [5, 5.41) is 12.1. The van der Waals surface area contributed by atoms with Crippen LogP contribution in [-0.4, -0.2) is 23.7 Å². The van der Waals surface area contributed by atoms with Crippen LogP contribution in [0.2, 0.25) is 5.02 Å². The van der Waals surface area contributed by atoms with E-state index < -0.39 is 0 Å². The average molecular weight is 308 g/mol. The van der Waals surface area contributed by atoms with Gasteiger partial charge in [-0.1, -0.05) is 37.3 Å². The first-order valence-electron chi connectivity index (χ1n) is 7.14. The zero-order chi connectivity index (χ0) is 15.8. The molecule has 0 aromatic heterocycles. The molecule has 0 aliphatic carbocycles. The number of aliphatic hydroxyl groups is 1. The van der Waals surface area contributed by atoms with Crippen molar-refractivity contribution < 1.29 is 9.90 Å². The van der Waals surface area contributed by atoms with E-state index in [1.54, 1.807) is 18.2 Å². The van der Waals surface area contributed by atoms with Crippen molar-refractivity contribution in [3.05, 3.63) is 34.3 Å². The molecule has 0 spiro atoms. The molecule has 1 aromatic carbocycles. The molecule has 0 bridgehead atoms. The van der Waals surface area contributed by atoms with Crippen LogP contribution >= 0.6 is 11.6 Å². The Morgan fingerprint density at radius 1 is 1.33 bits per heavy atom. The summed E-state index contributed by atoms with van der Waals surface area (Å²) in [7, 11) is 0. The van der Waals surface area contributed by atoms with E-state index >= 15 is 0 Å². The van der Waals surface area contributed by atoms with Crippen LogP contribution in [0.1, 0.15) is 49.5 Å². The lowest BCUT2D eigenvalue weighted by molar-refractivity contribution is 0.0937. The number of nitrogens with one attached hydrogen (secondary N) is 1. The topological polar surface area (TPSA) is 49.3 Å². The van der Waals surface area contributed by atoms with Crippen molar-refractivity contribution in [1.29, 1.82) is 0 Å². The van der Waals surface area contributed by atoms with Crippen molar-refractivity contribution in [2.75, 3.05) is 6.61 Å². The Balaban J connectivity index is 2.68. The lowest BCUT2D eigenvalue weighted by Gasteiger charge is -2.15. The van der Waals surface area contributed by atoms with E-state index in [-0.39, 0.29) is 18.6 Å². The molecular weight excluding hydrogens is 286 g/mol. The van der Waals surface area contributed by atoms with Gasteiger partial charge in [-0.3, -0.25) is 4.79 Å². The molecule has 3 nitrogen and oxygen atoms in total. The van der Waals surface area contributed by atoms with E-state index in [0.29, 0.717) is 22.1 Å². The lowest BCUT2D eigenvalue weighted by Crippen LogP contribution is -2.32. The van der Waals surface area contributed by atoms with Crippen LogP contribution in [0.4, 0.5) is 0 Å². The second-order valence-electron chi connectivity index (χ2n) is 5.50.